The van der Waals surface area contributed by atoms with Crippen molar-refractivity contribution in [2.45, 2.75) is 187 Å². The van der Waals surface area contributed by atoms with Gasteiger partial charge in [0.2, 0.25) is 5.91 Å². The highest BCUT2D eigenvalue weighted by Crippen LogP contribution is 2.43. The third kappa shape index (κ3) is 40.2. The van der Waals surface area contributed by atoms with Crippen LogP contribution in [-0.4, -0.2) is 73.4 Å². The second kappa shape index (κ2) is 37.8. The third-order valence-electron chi connectivity index (χ3n) is 9.56. The summed E-state index contributed by atoms with van der Waals surface area (Å²) in [5.74, 6) is -0.273. The van der Waals surface area contributed by atoms with Crippen LogP contribution < -0.4 is 5.32 Å². The van der Waals surface area contributed by atoms with Crippen LogP contribution in [0.15, 0.2) is 60.8 Å². The topological polar surface area (TPSA) is 105 Å². The molecule has 0 saturated heterocycles. The fourth-order valence-electron chi connectivity index (χ4n) is 6.05. The average Bonchev–Trinajstić information content (AvgIpc) is 3.13. The second-order valence-electron chi connectivity index (χ2n) is 16.1. The minimum atomic E-state index is -4.34. The van der Waals surface area contributed by atoms with Crippen molar-refractivity contribution in [3.05, 3.63) is 60.8 Å². The SMILES string of the molecule is CC/C=C\C/C=C\C/C=C\C/C=C\C/C=C\CC(=O)NC(COP(=O)(O)OCC[N+](C)(C)C)C(O)CCCCCCCCCCCCCCCCCCCC. The molecule has 8 nitrogen and oxygen atoms in total. The molecule has 0 aromatic rings. The number of allylic oxidation sites excluding steroid dienone is 9. The first-order valence-corrected chi connectivity index (χ1v) is 23.6. The molecule has 0 saturated carbocycles. The molecule has 3 N–H and O–H groups in total. The molecule has 0 aromatic carbocycles. The molecule has 0 aliphatic carbocycles. The van der Waals surface area contributed by atoms with Crippen LogP contribution in [0.1, 0.15) is 174 Å². The molecule has 0 fully saturated rings. The molecule has 1 amide bonds. The number of unbranched alkanes of at least 4 members (excludes halogenated alkanes) is 17. The molecule has 3 atom stereocenters. The van der Waals surface area contributed by atoms with Crippen LogP contribution in [0.4, 0.5) is 0 Å². The fraction of sp³-hybridized carbons (Fsp3) is 0.761. The van der Waals surface area contributed by atoms with Crippen LogP contribution in [-0.2, 0) is 18.4 Å². The summed E-state index contributed by atoms with van der Waals surface area (Å²) in [7, 11) is 1.55. The van der Waals surface area contributed by atoms with Crippen molar-refractivity contribution in [2.75, 3.05) is 40.9 Å². The summed E-state index contributed by atoms with van der Waals surface area (Å²) >= 11 is 0. The van der Waals surface area contributed by atoms with Crippen molar-refractivity contribution in [3.8, 4) is 0 Å². The standard InChI is InChI=1S/C46H85N2O6P/c1-6-8-10-12-14-16-18-20-22-23-24-26-27-29-31-33-35-37-39-45(49)44(43-54-55(51,52)53-42-41-48(3,4)5)47-46(50)40-38-36-34-32-30-28-25-21-19-17-15-13-11-9-7-2/h9,11,15,17,21,25,30,32,36,38,44-45,49H,6-8,10,12-14,16,18-20,22-24,26-29,31,33-35,37,39-43H2,1-5H3,(H-,47,50,51,52)/p+1/b11-9-,17-15-,25-21-,32-30-,38-36-. The first-order chi connectivity index (χ1) is 26.5. The molecule has 9 heteroatoms. The number of hydrogen-bond donors (Lipinski definition) is 3. The Hall–Kier alpha value is -1.80. The summed E-state index contributed by atoms with van der Waals surface area (Å²) < 4.78 is 23.6. The van der Waals surface area contributed by atoms with Gasteiger partial charge in [-0.05, 0) is 38.5 Å². The van der Waals surface area contributed by atoms with Crippen molar-refractivity contribution >= 4 is 13.7 Å². The summed E-state index contributed by atoms with van der Waals surface area (Å²) in [6.07, 6.45) is 48.5. The number of aliphatic hydroxyl groups is 1. The number of rotatable bonds is 39. The highest BCUT2D eigenvalue weighted by Gasteiger charge is 2.28. The third-order valence-corrected chi connectivity index (χ3v) is 10.5. The van der Waals surface area contributed by atoms with E-state index < -0.39 is 20.0 Å². The maximum atomic E-state index is 12.8. The fourth-order valence-corrected chi connectivity index (χ4v) is 6.79. The van der Waals surface area contributed by atoms with Crippen LogP contribution in [0.2, 0.25) is 0 Å². The van der Waals surface area contributed by atoms with Gasteiger partial charge in [0.25, 0.3) is 0 Å². The molecule has 0 rings (SSSR count). The largest absolute Gasteiger partial charge is 0.472 e. The Morgan fingerprint density at radius 2 is 1.02 bits per heavy atom. The number of likely N-dealkylation sites (N-methyl/N-ethyl adjacent to an activating group) is 1. The number of quaternary nitrogens is 1. The maximum absolute atomic E-state index is 12.8. The molecule has 0 spiro atoms. The zero-order chi connectivity index (χ0) is 40.7. The van der Waals surface area contributed by atoms with Crippen LogP contribution >= 0.6 is 7.82 Å². The van der Waals surface area contributed by atoms with Gasteiger partial charge in [0.1, 0.15) is 13.2 Å². The Morgan fingerprint density at radius 1 is 0.618 bits per heavy atom. The van der Waals surface area contributed by atoms with Crippen molar-refractivity contribution in [1.29, 1.82) is 0 Å². The monoisotopic (exact) mass is 794 g/mol. The number of hydrogen-bond acceptors (Lipinski definition) is 5. The second-order valence-corrected chi connectivity index (χ2v) is 17.5. The Kier molecular flexibility index (Phi) is 36.5. The average molecular weight is 794 g/mol. The predicted octanol–water partition coefficient (Wildman–Crippen LogP) is 12.2. The first-order valence-electron chi connectivity index (χ1n) is 22.2. The number of phosphoric acid groups is 1. The van der Waals surface area contributed by atoms with E-state index in [-0.39, 0.29) is 25.5 Å². The molecule has 0 aliphatic rings. The normalized spacial score (nSPS) is 15.0. The van der Waals surface area contributed by atoms with Gasteiger partial charge in [0.05, 0.1) is 39.9 Å². The molecule has 0 radical (unpaired) electrons. The van der Waals surface area contributed by atoms with Crippen LogP contribution in [0.25, 0.3) is 0 Å². The van der Waals surface area contributed by atoms with E-state index in [4.69, 9.17) is 9.05 Å². The van der Waals surface area contributed by atoms with Gasteiger partial charge in [-0.2, -0.15) is 0 Å². The van der Waals surface area contributed by atoms with Gasteiger partial charge in [0, 0.05) is 6.42 Å². The molecule has 0 bridgehead atoms. The van der Waals surface area contributed by atoms with E-state index in [0.717, 1.165) is 51.4 Å². The molecule has 3 unspecified atom stereocenters. The van der Waals surface area contributed by atoms with E-state index in [0.29, 0.717) is 17.4 Å². The van der Waals surface area contributed by atoms with Gasteiger partial charge in [-0.15, -0.1) is 0 Å². The Bertz CT molecular complexity index is 1080. The van der Waals surface area contributed by atoms with Crippen molar-refractivity contribution in [2.24, 2.45) is 0 Å². The summed E-state index contributed by atoms with van der Waals surface area (Å²) in [5.41, 5.74) is 0. The van der Waals surface area contributed by atoms with E-state index in [9.17, 15) is 19.4 Å². The van der Waals surface area contributed by atoms with Gasteiger partial charge in [0.15, 0.2) is 0 Å². The van der Waals surface area contributed by atoms with E-state index in [2.05, 4.69) is 67.8 Å². The van der Waals surface area contributed by atoms with Crippen molar-refractivity contribution in [1.82, 2.24) is 5.32 Å². The first kappa shape index (κ1) is 53.2. The van der Waals surface area contributed by atoms with Gasteiger partial charge >= 0.3 is 7.82 Å². The number of amides is 1. The summed E-state index contributed by atoms with van der Waals surface area (Å²) in [5, 5.41) is 13.9. The maximum Gasteiger partial charge on any atom is 0.472 e. The van der Waals surface area contributed by atoms with Gasteiger partial charge in [-0.1, -0.05) is 190 Å². The lowest BCUT2D eigenvalue weighted by atomic mass is 10.0. The minimum Gasteiger partial charge on any atom is -0.391 e. The number of nitrogens with one attached hydrogen (secondary N) is 1. The van der Waals surface area contributed by atoms with E-state index >= 15 is 0 Å². The van der Waals surface area contributed by atoms with Gasteiger partial charge in [-0.25, -0.2) is 4.57 Å². The number of phosphoric ester groups is 1. The van der Waals surface area contributed by atoms with Crippen LogP contribution in [0.3, 0.4) is 0 Å². The van der Waals surface area contributed by atoms with Gasteiger partial charge < -0.3 is 19.8 Å². The lowest BCUT2D eigenvalue weighted by Crippen LogP contribution is -2.46. The molecule has 0 aliphatic heterocycles. The molecular weight excluding hydrogens is 707 g/mol. The minimum absolute atomic E-state index is 0.0558. The Morgan fingerprint density at radius 3 is 1.44 bits per heavy atom. The zero-order valence-electron chi connectivity index (χ0n) is 36.1. The Balaban J connectivity index is 4.49. The lowest BCUT2D eigenvalue weighted by Gasteiger charge is -2.26. The van der Waals surface area contributed by atoms with Gasteiger partial charge in [-0.3, -0.25) is 13.8 Å². The number of nitrogens with zero attached hydrogens (tertiary/aromatic N) is 1. The highest BCUT2D eigenvalue weighted by molar-refractivity contribution is 7.47. The Labute approximate surface area is 339 Å². The molecule has 0 heterocycles. The van der Waals surface area contributed by atoms with Crippen molar-refractivity contribution in [3.63, 3.8) is 0 Å². The predicted molar refractivity (Wildman–Crippen MR) is 235 cm³/mol. The molecule has 55 heavy (non-hydrogen) atoms. The van der Waals surface area contributed by atoms with Crippen molar-refractivity contribution < 1.29 is 32.9 Å². The van der Waals surface area contributed by atoms with E-state index in [1.54, 1.807) is 6.08 Å². The quantitative estimate of drug-likeness (QED) is 0.0248. The molecular formula is C46H86N2O6P+. The smallest absolute Gasteiger partial charge is 0.391 e. The summed E-state index contributed by atoms with van der Waals surface area (Å²) in [4.78, 5) is 23.1. The van der Waals surface area contributed by atoms with E-state index in [1.165, 1.54) is 96.3 Å². The van der Waals surface area contributed by atoms with Crippen LogP contribution in [0.5, 0.6) is 0 Å². The number of carbonyl (C=O) groups is 1. The lowest BCUT2D eigenvalue weighted by molar-refractivity contribution is -0.870. The molecule has 320 valence electrons. The van der Waals surface area contributed by atoms with E-state index in [1.807, 2.05) is 27.2 Å². The summed E-state index contributed by atoms with van der Waals surface area (Å²) in [6.45, 7) is 4.69. The number of aliphatic hydroxyl groups excluding tert-OH is 1. The molecule has 0 aromatic heterocycles. The number of carbonyl (C=O) groups excluding carboxylic acids is 1. The zero-order valence-corrected chi connectivity index (χ0v) is 37.0. The summed E-state index contributed by atoms with van der Waals surface area (Å²) in [6, 6.07) is -0.816. The van der Waals surface area contributed by atoms with Crippen LogP contribution in [0, 0.1) is 0 Å². The highest BCUT2D eigenvalue weighted by atomic mass is 31.2.